The van der Waals surface area contributed by atoms with Gasteiger partial charge in [-0.15, -0.1) is 0 Å². The number of carbonyl (C=O) groups is 1. The Hall–Kier alpha value is -4.88. The van der Waals surface area contributed by atoms with Crippen molar-refractivity contribution < 1.29 is 19.4 Å². The summed E-state index contributed by atoms with van der Waals surface area (Å²) in [6.07, 6.45) is 4.27. The van der Waals surface area contributed by atoms with Crippen LogP contribution in [0.1, 0.15) is 41.2 Å². The second kappa shape index (κ2) is 14.5. The smallest absolute Gasteiger partial charge is 0.252 e. The van der Waals surface area contributed by atoms with E-state index in [9.17, 15) is 4.79 Å². The first kappa shape index (κ1) is 30.6. The Labute approximate surface area is 259 Å². The lowest BCUT2D eigenvalue weighted by atomic mass is 9.84. The van der Waals surface area contributed by atoms with Gasteiger partial charge in [0.15, 0.2) is 11.6 Å². The van der Waals surface area contributed by atoms with E-state index in [0.29, 0.717) is 37.6 Å². The zero-order valence-corrected chi connectivity index (χ0v) is 25.2. The van der Waals surface area contributed by atoms with Crippen molar-refractivity contribution in [2.24, 2.45) is 4.99 Å². The third kappa shape index (κ3) is 7.36. The Balaban J connectivity index is 1.48. The van der Waals surface area contributed by atoms with Crippen LogP contribution in [-0.4, -0.2) is 49.8 Å². The summed E-state index contributed by atoms with van der Waals surface area (Å²) in [6.45, 7) is 0.870. The van der Waals surface area contributed by atoms with Crippen molar-refractivity contribution >= 4 is 23.6 Å². The molecule has 4 aromatic carbocycles. The fourth-order valence-corrected chi connectivity index (χ4v) is 5.13. The molecule has 4 aromatic rings. The molecule has 0 radical (unpaired) electrons. The zero-order chi connectivity index (χ0) is 30.8. The minimum atomic E-state index is -1.25. The molecule has 0 fully saturated rings. The average Bonchev–Trinajstić information content (AvgIpc) is 3.46. The average molecular weight is 590 g/mol. The molecule has 2 atom stereocenters. The molecule has 1 amide bonds. The van der Waals surface area contributed by atoms with Crippen LogP contribution in [-0.2, 0) is 16.1 Å². The lowest BCUT2D eigenvalue weighted by molar-refractivity contribution is -0.129. The zero-order valence-electron chi connectivity index (χ0n) is 25.2. The molecule has 226 valence electrons. The van der Waals surface area contributed by atoms with E-state index in [1.54, 1.807) is 0 Å². The summed E-state index contributed by atoms with van der Waals surface area (Å²) in [7, 11) is 4.00. The van der Waals surface area contributed by atoms with Crippen LogP contribution in [0.25, 0.3) is 6.08 Å². The maximum atomic E-state index is 14.3. The van der Waals surface area contributed by atoms with E-state index in [0.717, 1.165) is 27.9 Å². The topological polar surface area (TPSA) is 83.4 Å². The molecule has 7 nitrogen and oxygen atoms in total. The molecule has 0 aliphatic carbocycles. The van der Waals surface area contributed by atoms with Crippen LogP contribution in [0, 0.1) is 0 Å². The summed E-state index contributed by atoms with van der Waals surface area (Å²) in [5, 5.41) is 12.2. The number of nitrogens with zero attached hydrogens (tertiary/aromatic N) is 2. The highest BCUT2D eigenvalue weighted by atomic mass is 16.5. The van der Waals surface area contributed by atoms with Gasteiger partial charge >= 0.3 is 0 Å². The van der Waals surface area contributed by atoms with Crippen molar-refractivity contribution in [1.82, 2.24) is 5.32 Å². The Kier molecular flexibility index (Phi) is 10.1. The number of rotatable bonds is 13. The predicted molar refractivity (Wildman–Crippen MR) is 176 cm³/mol. The third-order valence-corrected chi connectivity index (χ3v) is 7.58. The number of amides is 1. The minimum Gasteiger partial charge on any atom is -0.494 e. The molecule has 44 heavy (non-hydrogen) atoms. The second-order valence-electron chi connectivity index (χ2n) is 11.0. The van der Waals surface area contributed by atoms with Gasteiger partial charge in [0.1, 0.15) is 5.75 Å². The molecule has 0 saturated heterocycles. The van der Waals surface area contributed by atoms with Crippen molar-refractivity contribution in [3.63, 3.8) is 0 Å². The minimum absolute atomic E-state index is 0.0772. The van der Waals surface area contributed by atoms with E-state index >= 15 is 0 Å². The Bertz CT molecular complexity index is 1550. The first-order valence-electron chi connectivity index (χ1n) is 14.9. The predicted octanol–water partition coefficient (Wildman–Crippen LogP) is 6.19. The van der Waals surface area contributed by atoms with Crippen LogP contribution in [0.3, 0.4) is 0 Å². The monoisotopic (exact) mass is 589 g/mol. The molecule has 0 bridgehead atoms. The number of nitrogens with one attached hydrogen (secondary N) is 1. The van der Waals surface area contributed by atoms with Crippen LogP contribution in [0.4, 0.5) is 5.69 Å². The largest absolute Gasteiger partial charge is 0.494 e. The molecule has 0 unspecified atom stereocenters. The molecular weight excluding hydrogens is 550 g/mol. The van der Waals surface area contributed by atoms with E-state index < -0.39 is 11.6 Å². The van der Waals surface area contributed by atoms with E-state index in [1.165, 1.54) is 0 Å². The summed E-state index contributed by atoms with van der Waals surface area (Å²) in [5.74, 6) is 0.884. The third-order valence-electron chi connectivity index (χ3n) is 7.58. The van der Waals surface area contributed by atoms with Crippen molar-refractivity contribution in [3.05, 3.63) is 138 Å². The van der Waals surface area contributed by atoms with E-state index in [2.05, 4.69) is 5.32 Å². The number of carbonyl (C=O) groups excluding carboxylic acids is 1. The number of hydrogen-bond donors (Lipinski definition) is 2. The lowest BCUT2D eigenvalue weighted by Gasteiger charge is -2.30. The molecule has 1 heterocycles. The van der Waals surface area contributed by atoms with Crippen molar-refractivity contribution in [3.8, 4) is 5.75 Å². The summed E-state index contributed by atoms with van der Waals surface area (Å²) in [4.78, 5) is 21.5. The van der Waals surface area contributed by atoms with E-state index in [4.69, 9.17) is 19.6 Å². The Morgan fingerprint density at radius 3 is 2.30 bits per heavy atom. The van der Waals surface area contributed by atoms with Crippen LogP contribution >= 0.6 is 0 Å². The standard InChI is InChI=1S/C37H39N3O4/c1-40(2)32-20-16-29(17-21-32)27-38-36(42)37(24-9-13-28-11-5-3-6-12-28)34(30-14-7-4-8-15-30)44-35(39-37)31-18-22-33(23-19-31)43-26-10-25-41/h3-9,11-23,34,41H,10,24-27H2,1-2H3,(H,38,42)/b13-9+/t34-,37-/m1/s1. The molecule has 0 saturated carbocycles. The first-order chi connectivity index (χ1) is 21.5. The van der Waals surface area contributed by atoms with Gasteiger partial charge in [0.05, 0.1) is 6.61 Å². The van der Waals surface area contributed by atoms with Gasteiger partial charge in [-0.2, -0.15) is 0 Å². The van der Waals surface area contributed by atoms with Crippen molar-refractivity contribution in [1.29, 1.82) is 0 Å². The van der Waals surface area contributed by atoms with Gasteiger partial charge in [-0.1, -0.05) is 84.9 Å². The summed E-state index contributed by atoms with van der Waals surface area (Å²) < 4.78 is 12.3. The highest BCUT2D eigenvalue weighted by Crippen LogP contribution is 2.43. The van der Waals surface area contributed by atoms with Crippen molar-refractivity contribution in [2.45, 2.75) is 31.0 Å². The number of aliphatic imine (C=N–C) groups is 1. The molecule has 1 aliphatic heterocycles. The summed E-state index contributed by atoms with van der Waals surface area (Å²) >= 11 is 0. The number of hydrogen-bond acceptors (Lipinski definition) is 6. The van der Waals surface area contributed by atoms with E-state index in [1.807, 2.05) is 140 Å². The van der Waals surface area contributed by atoms with E-state index in [-0.39, 0.29) is 12.5 Å². The highest BCUT2D eigenvalue weighted by molar-refractivity contribution is 6.01. The number of benzene rings is 4. The fraction of sp³-hybridized carbons (Fsp3) is 0.243. The van der Waals surface area contributed by atoms with Gasteiger partial charge in [0, 0.05) is 51.3 Å². The number of aliphatic hydroxyl groups excluding tert-OH is 1. The number of aliphatic hydroxyl groups is 1. The van der Waals surface area contributed by atoms with Gasteiger partial charge in [-0.25, -0.2) is 4.99 Å². The maximum absolute atomic E-state index is 14.3. The molecule has 5 rings (SSSR count). The Morgan fingerprint density at radius 2 is 1.64 bits per heavy atom. The number of ether oxygens (including phenoxy) is 2. The second-order valence-corrected chi connectivity index (χ2v) is 11.0. The van der Waals surface area contributed by atoms with Crippen molar-refractivity contribution in [2.75, 3.05) is 32.2 Å². The molecule has 2 N–H and O–H groups in total. The normalized spacial score (nSPS) is 17.6. The van der Waals surface area contributed by atoms with Gasteiger partial charge in [0.25, 0.3) is 5.91 Å². The number of anilines is 1. The molecule has 1 aliphatic rings. The summed E-state index contributed by atoms with van der Waals surface area (Å²) in [6, 6.07) is 35.4. The van der Waals surface area contributed by atoms with Gasteiger partial charge in [0.2, 0.25) is 5.90 Å². The van der Waals surface area contributed by atoms with Crippen LogP contribution in [0.5, 0.6) is 5.75 Å². The van der Waals surface area contributed by atoms with Crippen LogP contribution < -0.4 is 15.0 Å². The fourth-order valence-electron chi connectivity index (χ4n) is 5.13. The SMILES string of the molecule is CN(C)c1ccc(CNC(=O)[C@]2(C/C=C/c3ccccc3)N=C(c3ccc(OCCCO)cc3)O[C@@H]2c2ccccc2)cc1. The highest BCUT2D eigenvalue weighted by Gasteiger charge is 2.52. The van der Waals surface area contributed by atoms with Gasteiger partial charge in [-0.3, -0.25) is 4.79 Å². The maximum Gasteiger partial charge on any atom is 0.252 e. The molecular formula is C37H39N3O4. The molecule has 7 heteroatoms. The Morgan fingerprint density at radius 1 is 0.955 bits per heavy atom. The molecule has 0 aromatic heterocycles. The summed E-state index contributed by atoms with van der Waals surface area (Å²) in [5.41, 5.74) is 3.50. The van der Waals surface area contributed by atoms with Gasteiger partial charge in [-0.05, 0) is 53.1 Å². The molecule has 0 spiro atoms. The quantitative estimate of drug-likeness (QED) is 0.182. The first-order valence-corrected chi connectivity index (χ1v) is 14.9. The van der Waals surface area contributed by atoms with Gasteiger partial charge < -0.3 is 24.8 Å². The van der Waals surface area contributed by atoms with Crippen LogP contribution in [0.15, 0.2) is 120 Å². The van der Waals surface area contributed by atoms with Crippen LogP contribution in [0.2, 0.25) is 0 Å². The lowest BCUT2D eigenvalue weighted by Crippen LogP contribution is -2.47.